The summed E-state index contributed by atoms with van der Waals surface area (Å²) in [6.07, 6.45) is 0. The molecule has 0 saturated heterocycles. The summed E-state index contributed by atoms with van der Waals surface area (Å²) in [6.45, 7) is 5.17. The second-order valence-electron chi connectivity index (χ2n) is 3.36. The number of nitrogens with one attached hydrogen (secondary N) is 1. The molecule has 6 heteroatoms. The summed E-state index contributed by atoms with van der Waals surface area (Å²) in [5, 5.41) is 0.0428. The maximum Gasteiger partial charge on any atom is 0.318 e. The van der Waals surface area contributed by atoms with E-state index in [1.807, 2.05) is 0 Å². The standard InChI is InChI=1S/C10H14N2O3S/c1-5-6(2)11-10(12-8(5)13)16-7(3)9(14)15-4/h7H,1-4H3,(H,11,12,13)/t7-/m1/s1. The lowest BCUT2D eigenvalue weighted by atomic mass is 10.3. The molecule has 0 aliphatic heterocycles. The van der Waals surface area contributed by atoms with Crippen LogP contribution >= 0.6 is 11.8 Å². The number of esters is 1. The summed E-state index contributed by atoms with van der Waals surface area (Å²) < 4.78 is 4.59. The molecule has 0 radical (unpaired) electrons. The fourth-order valence-corrected chi connectivity index (χ4v) is 1.93. The zero-order chi connectivity index (χ0) is 12.3. The molecular formula is C10H14N2O3S. The summed E-state index contributed by atoms with van der Waals surface area (Å²) in [6, 6.07) is 0. The molecule has 1 atom stereocenters. The summed E-state index contributed by atoms with van der Waals surface area (Å²) in [4.78, 5) is 29.5. The number of carbonyl (C=O) groups is 1. The number of aryl methyl sites for hydroxylation is 1. The van der Waals surface area contributed by atoms with Gasteiger partial charge in [0.2, 0.25) is 0 Å². The van der Waals surface area contributed by atoms with Crippen LogP contribution in [0.5, 0.6) is 0 Å². The van der Waals surface area contributed by atoms with Crippen molar-refractivity contribution in [2.45, 2.75) is 31.2 Å². The number of aromatic amines is 1. The SMILES string of the molecule is COC(=O)[C@@H](C)Sc1nc(C)c(C)c(=O)[nH]1. The van der Waals surface area contributed by atoms with E-state index in [0.717, 1.165) is 0 Å². The van der Waals surface area contributed by atoms with E-state index in [0.29, 0.717) is 16.4 Å². The van der Waals surface area contributed by atoms with Crippen LogP contribution in [0.1, 0.15) is 18.2 Å². The largest absolute Gasteiger partial charge is 0.468 e. The maximum absolute atomic E-state index is 11.5. The molecule has 0 aliphatic rings. The van der Waals surface area contributed by atoms with Gasteiger partial charge in [-0.15, -0.1) is 0 Å². The second kappa shape index (κ2) is 5.16. The highest BCUT2D eigenvalue weighted by molar-refractivity contribution is 8.00. The summed E-state index contributed by atoms with van der Waals surface area (Å²) in [7, 11) is 1.33. The van der Waals surface area contributed by atoms with Gasteiger partial charge in [-0.1, -0.05) is 11.8 Å². The van der Waals surface area contributed by atoms with Crippen LogP contribution in [0.2, 0.25) is 0 Å². The van der Waals surface area contributed by atoms with Gasteiger partial charge >= 0.3 is 5.97 Å². The van der Waals surface area contributed by atoms with E-state index < -0.39 is 5.25 Å². The Morgan fingerprint density at radius 3 is 2.62 bits per heavy atom. The summed E-state index contributed by atoms with van der Waals surface area (Å²) in [5.41, 5.74) is 1.09. The lowest BCUT2D eigenvalue weighted by molar-refractivity contribution is -0.139. The number of aromatic nitrogens is 2. The molecule has 1 aromatic heterocycles. The van der Waals surface area contributed by atoms with Gasteiger partial charge in [0.25, 0.3) is 5.56 Å². The first-order valence-electron chi connectivity index (χ1n) is 4.77. The molecule has 0 amide bonds. The molecule has 0 saturated carbocycles. The Morgan fingerprint density at radius 1 is 1.50 bits per heavy atom. The number of hydrogen-bond donors (Lipinski definition) is 1. The Hall–Kier alpha value is -1.30. The Bertz CT molecular complexity index is 456. The summed E-state index contributed by atoms with van der Waals surface area (Å²) >= 11 is 1.17. The lowest BCUT2D eigenvalue weighted by Gasteiger charge is -2.08. The molecule has 1 rings (SSSR count). The normalized spacial score (nSPS) is 12.2. The van der Waals surface area contributed by atoms with Gasteiger partial charge < -0.3 is 9.72 Å². The van der Waals surface area contributed by atoms with E-state index in [2.05, 4.69) is 14.7 Å². The fraction of sp³-hybridized carbons (Fsp3) is 0.500. The van der Waals surface area contributed by atoms with Crippen molar-refractivity contribution >= 4 is 17.7 Å². The number of hydrogen-bond acceptors (Lipinski definition) is 5. The molecule has 0 unspecified atom stereocenters. The van der Waals surface area contributed by atoms with Crippen molar-refractivity contribution in [3.63, 3.8) is 0 Å². The molecule has 0 bridgehead atoms. The van der Waals surface area contributed by atoms with Crippen LogP contribution in [-0.2, 0) is 9.53 Å². The molecule has 0 fully saturated rings. The van der Waals surface area contributed by atoms with Crippen LogP contribution in [0.4, 0.5) is 0 Å². The number of ether oxygens (including phenoxy) is 1. The topological polar surface area (TPSA) is 72.0 Å². The quantitative estimate of drug-likeness (QED) is 0.487. The Labute approximate surface area is 97.6 Å². The lowest BCUT2D eigenvalue weighted by Crippen LogP contribution is -2.18. The van der Waals surface area contributed by atoms with E-state index in [1.165, 1.54) is 18.9 Å². The highest BCUT2D eigenvalue weighted by Gasteiger charge is 2.16. The minimum Gasteiger partial charge on any atom is -0.468 e. The zero-order valence-corrected chi connectivity index (χ0v) is 10.5. The van der Waals surface area contributed by atoms with E-state index in [-0.39, 0.29) is 11.5 Å². The number of rotatable bonds is 3. The predicted molar refractivity (Wildman–Crippen MR) is 61.7 cm³/mol. The molecule has 0 spiro atoms. The highest BCUT2D eigenvalue weighted by Crippen LogP contribution is 2.19. The molecule has 1 N–H and O–H groups in total. The molecule has 0 aromatic carbocycles. The Balaban J connectivity index is 2.91. The molecular weight excluding hydrogens is 228 g/mol. The van der Waals surface area contributed by atoms with Gasteiger partial charge in [-0.25, -0.2) is 4.98 Å². The van der Waals surface area contributed by atoms with Crippen molar-refractivity contribution in [3.8, 4) is 0 Å². The number of carbonyl (C=O) groups excluding carboxylic acids is 1. The van der Waals surface area contributed by atoms with Crippen LogP contribution in [0, 0.1) is 13.8 Å². The first kappa shape index (κ1) is 12.8. The third-order valence-corrected chi connectivity index (χ3v) is 3.16. The van der Waals surface area contributed by atoms with Gasteiger partial charge in [-0.3, -0.25) is 9.59 Å². The van der Waals surface area contributed by atoms with Crippen LogP contribution in [0.15, 0.2) is 9.95 Å². The number of thioether (sulfide) groups is 1. The molecule has 16 heavy (non-hydrogen) atoms. The summed E-state index contributed by atoms with van der Waals surface area (Å²) in [5.74, 6) is -0.342. The van der Waals surface area contributed by atoms with Crippen molar-refractivity contribution in [2.24, 2.45) is 0 Å². The average Bonchev–Trinajstić information content (AvgIpc) is 2.24. The van der Waals surface area contributed by atoms with Crippen molar-refractivity contribution < 1.29 is 9.53 Å². The van der Waals surface area contributed by atoms with Gasteiger partial charge in [0.15, 0.2) is 5.16 Å². The first-order chi connectivity index (χ1) is 7.45. The predicted octanol–water partition coefficient (Wildman–Crippen LogP) is 1.04. The second-order valence-corrected chi connectivity index (χ2v) is 4.69. The van der Waals surface area contributed by atoms with E-state index in [1.54, 1.807) is 20.8 Å². The molecule has 1 heterocycles. The van der Waals surface area contributed by atoms with Crippen molar-refractivity contribution in [1.82, 2.24) is 9.97 Å². The minimum absolute atomic E-state index is 0.174. The van der Waals surface area contributed by atoms with E-state index in [9.17, 15) is 9.59 Å². The van der Waals surface area contributed by atoms with E-state index in [4.69, 9.17) is 0 Å². The monoisotopic (exact) mass is 242 g/mol. The van der Waals surface area contributed by atoms with Gasteiger partial charge in [0.1, 0.15) is 5.25 Å². The number of nitrogens with zero attached hydrogens (tertiary/aromatic N) is 1. The molecule has 0 aliphatic carbocycles. The first-order valence-corrected chi connectivity index (χ1v) is 5.65. The van der Waals surface area contributed by atoms with E-state index >= 15 is 0 Å². The van der Waals surface area contributed by atoms with Crippen molar-refractivity contribution in [2.75, 3.05) is 7.11 Å². The van der Waals surface area contributed by atoms with Gasteiger partial charge in [-0.05, 0) is 20.8 Å². The molecule has 5 nitrogen and oxygen atoms in total. The third kappa shape index (κ3) is 2.85. The highest BCUT2D eigenvalue weighted by atomic mass is 32.2. The maximum atomic E-state index is 11.5. The van der Waals surface area contributed by atoms with Crippen LogP contribution in [0.3, 0.4) is 0 Å². The molecule has 88 valence electrons. The molecule has 1 aromatic rings. The third-order valence-electron chi connectivity index (χ3n) is 2.19. The van der Waals surface area contributed by atoms with Crippen molar-refractivity contribution in [1.29, 1.82) is 0 Å². The number of H-pyrrole nitrogens is 1. The average molecular weight is 242 g/mol. The van der Waals surface area contributed by atoms with Gasteiger partial charge in [0.05, 0.1) is 7.11 Å². The van der Waals surface area contributed by atoms with Crippen LogP contribution < -0.4 is 5.56 Å². The van der Waals surface area contributed by atoms with Crippen molar-refractivity contribution in [3.05, 3.63) is 21.6 Å². The number of methoxy groups -OCH3 is 1. The Kier molecular flexibility index (Phi) is 4.12. The van der Waals surface area contributed by atoms with Crippen LogP contribution in [0.25, 0.3) is 0 Å². The fourth-order valence-electron chi connectivity index (χ4n) is 1.06. The Morgan fingerprint density at radius 2 is 2.12 bits per heavy atom. The zero-order valence-electron chi connectivity index (χ0n) is 9.66. The minimum atomic E-state index is -0.393. The smallest absolute Gasteiger partial charge is 0.318 e. The van der Waals surface area contributed by atoms with Gasteiger partial charge in [-0.2, -0.15) is 0 Å². The van der Waals surface area contributed by atoms with Crippen LogP contribution in [-0.4, -0.2) is 28.3 Å². The van der Waals surface area contributed by atoms with Gasteiger partial charge in [0, 0.05) is 11.3 Å².